The molecular weight excluding hydrogens is 308 g/mol. The number of benzene rings is 1. The molecule has 2 rings (SSSR count). The topological polar surface area (TPSA) is 97.1 Å². The van der Waals surface area contributed by atoms with Gasteiger partial charge in [-0.3, -0.25) is 9.59 Å². The van der Waals surface area contributed by atoms with Crippen molar-refractivity contribution in [3.05, 3.63) is 36.2 Å². The number of nitrogens with zero attached hydrogens (tertiary/aromatic N) is 2. The summed E-state index contributed by atoms with van der Waals surface area (Å²) in [5, 5.41) is 13.2. The van der Waals surface area contributed by atoms with E-state index in [0.29, 0.717) is 18.2 Å². The van der Waals surface area contributed by atoms with Crippen LogP contribution in [-0.4, -0.2) is 34.1 Å². The number of rotatable bonds is 6. The lowest BCUT2D eigenvalue weighted by Gasteiger charge is -2.20. The summed E-state index contributed by atoms with van der Waals surface area (Å²) in [5.74, 6) is 0.359. The van der Waals surface area contributed by atoms with Crippen molar-refractivity contribution >= 4 is 11.8 Å². The van der Waals surface area contributed by atoms with Crippen LogP contribution >= 0.6 is 0 Å². The Morgan fingerprint density at radius 1 is 1.08 bits per heavy atom. The number of nitrogens with one attached hydrogen (secondary N) is 2. The molecule has 0 radical (unpaired) electrons. The first-order valence-corrected chi connectivity index (χ1v) is 7.79. The first kappa shape index (κ1) is 17.7. The molecule has 1 aromatic carbocycles. The van der Waals surface area contributed by atoms with Gasteiger partial charge < -0.3 is 15.1 Å². The van der Waals surface area contributed by atoms with Gasteiger partial charge in [-0.05, 0) is 32.9 Å². The minimum atomic E-state index is -0.320. The first-order valence-electron chi connectivity index (χ1n) is 7.79. The van der Waals surface area contributed by atoms with Crippen molar-refractivity contribution in [2.45, 2.75) is 39.2 Å². The lowest BCUT2D eigenvalue weighted by molar-refractivity contribution is -0.126. The van der Waals surface area contributed by atoms with Crippen LogP contribution in [0.5, 0.6) is 0 Å². The predicted molar refractivity (Wildman–Crippen MR) is 89.0 cm³/mol. The van der Waals surface area contributed by atoms with E-state index in [1.807, 2.05) is 51.1 Å². The Balaban J connectivity index is 1.76. The first-order chi connectivity index (χ1) is 11.3. The van der Waals surface area contributed by atoms with Crippen molar-refractivity contribution in [1.29, 1.82) is 0 Å². The highest BCUT2D eigenvalue weighted by atomic mass is 16.4. The minimum Gasteiger partial charge on any atom is -0.421 e. The van der Waals surface area contributed by atoms with Crippen molar-refractivity contribution < 1.29 is 14.0 Å². The van der Waals surface area contributed by atoms with Gasteiger partial charge in [0.05, 0.1) is 6.54 Å². The minimum absolute atomic E-state index is 0.0464. The molecule has 0 saturated carbocycles. The molecule has 2 aromatic rings. The highest BCUT2D eigenvalue weighted by Crippen LogP contribution is 2.17. The van der Waals surface area contributed by atoms with E-state index in [-0.39, 0.29) is 30.3 Å². The summed E-state index contributed by atoms with van der Waals surface area (Å²) in [5.41, 5.74) is 0.513. The van der Waals surface area contributed by atoms with E-state index < -0.39 is 0 Å². The van der Waals surface area contributed by atoms with Gasteiger partial charge in [0.15, 0.2) is 0 Å². The second-order valence-corrected chi connectivity index (χ2v) is 6.44. The van der Waals surface area contributed by atoms with Crippen LogP contribution in [0.4, 0.5) is 0 Å². The van der Waals surface area contributed by atoms with Gasteiger partial charge in [-0.15, -0.1) is 10.2 Å². The number of amides is 2. The quantitative estimate of drug-likeness (QED) is 0.840. The van der Waals surface area contributed by atoms with Gasteiger partial charge in [-0.25, -0.2) is 0 Å². The van der Waals surface area contributed by atoms with Gasteiger partial charge in [0.2, 0.25) is 23.6 Å². The Bertz CT molecular complexity index is 689. The van der Waals surface area contributed by atoms with E-state index in [4.69, 9.17) is 4.42 Å². The van der Waals surface area contributed by atoms with Gasteiger partial charge in [-0.1, -0.05) is 18.2 Å². The predicted octanol–water partition coefficient (Wildman–Crippen LogP) is 1.70. The van der Waals surface area contributed by atoms with E-state index in [1.165, 1.54) is 0 Å². The third-order valence-electron chi connectivity index (χ3n) is 3.01. The fourth-order valence-corrected chi connectivity index (χ4v) is 2.00. The number of hydrogen-bond acceptors (Lipinski definition) is 5. The Hall–Kier alpha value is -2.70. The molecule has 0 aliphatic heterocycles. The monoisotopic (exact) mass is 330 g/mol. The van der Waals surface area contributed by atoms with Crippen LogP contribution in [0, 0.1) is 0 Å². The van der Waals surface area contributed by atoms with Crippen LogP contribution in [0.2, 0.25) is 0 Å². The molecule has 0 atom stereocenters. The largest absolute Gasteiger partial charge is 0.421 e. The van der Waals surface area contributed by atoms with E-state index in [9.17, 15) is 9.59 Å². The molecule has 0 aliphatic carbocycles. The summed E-state index contributed by atoms with van der Waals surface area (Å²) in [6.07, 6.45) is 0.506. The number of hydrogen-bond donors (Lipinski definition) is 2. The molecule has 2 N–H and O–H groups in total. The lowest BCUT2D eigenvalue weighted by atomic mass is 10.1. The average Bonchev–Trinajstić information content (AvgIpc) is 2.99. The average molecular weight is 330 g/mol. The Morgan fingerprint density at radius 3 is 2.46 bits per heavy atom. The number of carbonyl (C=O) groups excluding carboxylic acids is 2. The molecule has 7 heteroatoms. The molecule has 0 saturated heterocycles. The molecule has 24 heavy (non-hydrogen) atoms. The summed E-state index contributed by atoms with van der Waals surface area (Å²) in [6.45, 7) is 5.60. The molecule has 1 heterocycles. The van der Waals surface area contributed by atoms with Crippen LogP contribution in [-0.2, 0) is 16.0 Å². The summed E-state index contributed by atoms with van der Waals surface area (Å²) in [4.78, 5) is 23.4. The third-order valence-corrected chi connectivity index (χ3v) is 3.01. The zero-order valence-electron chi connectivity index (χ0n) is 14.1. The lowest BCUT2D eigenvalue weighted by Crippen LogP contribution is -2.45. The smallest absolute Gasteiger partial charge is 0.247 e. The zero-order valence-corrected chi connectivity index (χ0v) is 14.1. The third kappa shape index (κ3) is 5.83. The van der Waals surface area contributed by atoms with E-state index in [0.717, 1.165) is 5.56 Å². The van der Waals surface area contributed by atoms with Crippen LogP contribution in [0.25, 0.3) is 11.5 Å². The van der Waals surface area contributed by atoms with Gasteiger partial charge in [0, 0.05) is 23.9 Å². The molecule has 2 amide bonds. The molecule has 1 aromatic heterocycles. The molecule has 0 fully saturated rings. The molecule has 7 nitrogen and oxygen atoms in total. The fraction of sp³-hybridized carbons (Fsp3) is 0.412. The van der Waals surface area contributed by atoms with Crippen molar-refractivity contribution in [3.63, 3.8) is 0 Å². The highest BCUT2D eigenvalue weighted by molar-refractivity contribution is 5.85. The van der Waals surface area contributed by atoms with Gasteiger partial charge in [0.1, 0.15) is 0 Å². The van der Waals surface area contributed by atoms with E-state index >= 15 is 0 Å². The fourth-order valence-electron chi connectivity index (χ4n) is 2.00. The van der Waals surface area contributed by atoms with Gasteiger partial charge >= 0.3 is 0 Å². The SMILES string of the molecule is CC(C)(C)NC(=O)CNC(=O)CCc1nnc(-c2ccccc2)o1. The van der Waals surface area contributed by atoms with Crippen LogP contribution in [0.15, 0.2) is 34.7 Å². The summed E-state index contributed by atoms with van der Waals surface area (Å²) >= 11 is 0. The van der Waals surface area contributed by atoms with Crippen LogP contribution < -0.4 is 10.6 Å². The Labute approximate surface area is 140 Å². The van der Waals surface area contributed by atoms with Gasteiger partial charge in [-0.2, -0.15) is 0 Å². The molecule has 0 aliphatic rings. The second kappa shape index (κ2) is 7.72. The van der Waals surface area contributed by atoms with Crippen LogP contribution in [0.3, 0.4) is 0 Å². The molecule has 128 valence electrons. The maximum Gasteiger partial charge on any atom is 0.247 e. The van der Waals surface area contributed by atoms with Crippen molar-refractivity contribution in [1.82, 2.24) is 20.8 Å². The second-order valence-electron chi connectivity index (χ2n) is 6.44. The Morgan fingerprint density at radius 2 is 1.79 bits per heavy atom. The van der Waals surface area contributed by atoms with Crippen molar-refractivity contribution in [2.75, 3.05) is 6.54 Å². The van der Waals surface area contributed by atoms with Crippen molar-refractivity contribution in [3.8, 4) is 11.5 Å². The zero-order chi connectivity index (χ0) is 17.6. The summed E-state index contributed by atoms with van der Waals surface area (Å²) in [6, 6.07) is 9.42. The molecule has 0 unspecified atom stereocenters. The maximum absolute atomic E-state index is 11.8. The van der Waals surface area contributed by atoms with Gasteiger partial charge in [0.25, 0.3) is 0 Å². The molecule has 0 bridgehead atoms. The normalized spacial score (nSPS) is 11.1. The number of aryl methyl sites for hydroxylation is 1. The van der Waals surface area contributed by atoms with E-state index in [2.05, 4.69) is 20.8 Å². The number of carbonyl (C=O) groups is 2. The van der Waals surface area contributed by atoms with Crippen LogP contribution in [0.1, 0.15) is 33.1 Å². The molecule has 0 spiro atoms. The summed E-state index contributed by atoms with van der Waals surface area (Å²) in [7, 11) is 0. The highest BCUT2D eigenvalue weighted by Gasteiger charge is 2.15. The molecular formula is C17H22N4O3. The van der Waals surface area contributed by atoms with Crippen molar-refractivity contribution in [2.24, 2.45) is 0 Å². The van der Waals surface area contributed by atoms with E-state index in [1.54, 1.807) is 0 Å². The maximum atomic E-state index is 11.8. The standard InChI is InChI=1S/C17H22N4O3/c1-17(2,3)19-14(23)11-18-13(22)9-10-15-20-21-16(24-15)12-7-5-4-6-8-12/h4-8H,9-11H2,1-3H3,(H,18,22)(H,19,23). The number of aromatic nitrogens is 2. The summed E-state index contributed by atoms with van der Waals surface area (Å²) < 4.78 is 5.53. The Kier molecular flexibility index (Phi) is 5.68.